The zero-order valence-electron chi connectivity index (χ0n) is 15.9. The Kier molecular flexibility index (Phi) is 5.23. The van der Waals surface area contributed by atoms with Crippen molar-refractivity contribution in [2.75, 3.05) is 5.32 Å². The summed E-state index contributed by atoms with van der Waals surface area (Å²) in [5, 5.41) is 3.07. The first kappa shape index (κ1) is 17.8. The molecule has 4 heteroatoms. The Hall–Kier alpha value is -2.62. The molecule has 1 aliphatic carbocycles. The summed E-state index contributed by atoms with van der Waals surface area (Å²) in [5.41, 5.74) is 4.97. The average Bonchev–Trinajstić information content (AvgIpc) is 3.13. The fraction of sp³-hybridized carbons (Fsp3) is 0.391. The van der Waals surface area contributed by atoms with Crippen LogP contribution in [0.5, 0.6) is 0 Å². The molecule has 1 amide bonds. The molecule has 140 valence electrons. The first-order valence-electron chi connectivity index (χ1n) is 10.0. The molecule has 1 saturated carbocycles. The number of benzene rings is 2. The van der Waals surface area contributed by atoms with Crippen molar-refractivity contribution in [1.29, 1.82) is 0 Å². The van der Waals surface area contributed by atoms with E-state index >= 15 is 0 Å². The average molecular weight is 361 g/mol. The van der Waals surface area contributed by atoms with E-state index in [0.29, 0.717) is 6.42 Å². The third kappa shape index (κ3) is 4.21. The van der Waals surface area contributed by atoms with E-state index in [4.69, 9.17) is 4.98 Å². The maximum absolute atomic E-state index is 12.4. The monoisotopic (exact) mass is 361 g/mol. The van der Waals surface area contributed by atoms with Gasteiger partial charge in [-0.1, -0.05) is 50.3 Å². The molecular weight excluding hydrogens is 334 g/mol. The number of fused-ring (bicyclic) bond motifs is 1. The number of hydrogen-bond donors (Lipinski definition) is 2. The van der Waals surface area contributed by atoms with E-state index in [2.05, 4.69) is 17.2 Å². The maximum atomic E-state index is 12.4. The smallest absolute Gasteiger partial charge is 0.224 e. The second-order valence-electron chi connectivity index (χ2n) is 7.72. The molecule has 1 fully saturated rings. The van der Waals surface area contributed by atoms with E-state index < -0.39 is 0 Å². The van der Waals surface area contributed by atoms with E-state index in [9.17, 15) is 4.79 Å². The van der Waals surface area contributed by atoms with Crippen molar-refractivity contribution in [1.82, 2.24) is 9.97 Å². The number of nitrogens with one attached hydrogen (secondary N) is 2. The normalized spacial score (nSPS) is 15.1. The number of imidazole rings is 1. The third-order valence-corrected chi connectivity index (χ3v) is 5.67. The zero-order chi connectivity index (χ0) is 18.6. The summed E-state index contributed by atoms with van der Waals surface area (Å²) in [6.45, 7) is 2.07. The Bertz CT molecular complexity index is 905. The summed E-state index contributed by atoms with van der Waals surface area (Å²) in [6, 6.07) is 14.0. The van der Waals surface area contributed by atoms with Crippen molar-refractivity contribution in [3.05, 3.63) is 48.0 Å². The van der Waals surface area contributed by atoms with Crippen molar-refractivity contribution in [2.24, 2.45) is 5.92 Å². The lowest BCUT2D eigenvalue weighted by atomic mass is 9.86. The Labute approximate surface area is 160 Å². The van der Waals surface area contributed by atoms with E-state index in [1.807, 2.05) is 42.5 Å². The summed E-state index contributed by atoms with van der Waals surface area (Å²) < 4.78 is 0. The zero-order valence-corrected chi connectivity index (χ0v) is 15.9. The van der Waals surface area contributed by atoms with Crippen molar-refractivity contribution < 1.29 is 4.79 Å². The molecule has 0 spiro atoms. The molecule has 0 bridgehead atoms. The SMILES string of the molecule is Cc1ccc(NC(=O)CCC2CCCCC2)cc1-c1nc2ccccc2[nH]1. The Morgan fingerprint density at radius 1 is 1.15 bits per heavy atom. The molecule has 0 radical (unpaired) electrons. The lowest BCUT2D eigenvalue weighted by Crippen LogP contribution is -2.15. The topological polar surface area (TPSA) is 57.8 Å². The minimum atomic E-state index is 0.111. The summed E-state index contributed by atoms with van der Waals surface area (Å²) in [4.78, 5) is 20.5. The van der Waals surface area contributed by atoms with Gasteiger partial charge in [0.25, 0.3) is 0 Å². The van der Waals surface area contributed by atoms with E-state index in [1.54, 1.807) is 0 Å². The van der Waals surface area contributed by atoms with Crippen LogP contribution < -0.4 is 5.32 Å². The van der Waals surface area contributed by atoms with Crippen molar-refractivity contribution in [3.8, 4) is 11.4 Å². The van der Waals surface area contributed by atoms with Gasteiger partial charge in [-0.15, -0.1) is 0 Å². The van der Waals surface area contributed by atoms with Gasteiger partial charge in [0.2, 0.25) is 5.91 Å². The van der Waals surface area contributed by atoms with Crippen LogP contribution in [0.15, 0.2) is 42.5 Å². The highest BCUT2D eigenvalue weighted by Gasteiger charge is 2.15. The standard InChI is InChI=1S/C23H27N3O/c1-16-11-13-18(24-22(27)14-12-17-7-3-2-4-8-17)15-19(16)23-25-20-9-5-6-10-21(20)26-23/h5-6,9-11,13,15,17H,2-4,7-8,12,14H2,1H3,(H,24,27)(H,25,26). The van der Waals surface area contributed by atoms with E-state index in [1.165, 1.54) is 32.1 Å². The highest BCUT2D eigenvalue weighted by atomic mass is 16.1. The van der Waals surface area contributed by atoms with Gasteiger partial charge in [0.15, 0.2) is 0 Å². The summed E-state index contributed by atoms with van der Waals surface area (Å²) in [7, 11) is 0. The van der Waals surface area contributed by atoms with Crippen molar-refractivity contribution in [2.45, 2.75) is 51.9 Å². The van der Waals surface area contributed by atoms with Gasteiger partial charge in [0.05, 0.1) is 11.0 Å². The molecule has 2 aromatic carbocycles. The number of aromatic nitrogens is 2. The Balaban J connectivity index is 1.46. The quantitative estimate of drug-likeness (QED) is 0.600. The van der Waals surface area contributed by atoms with Gasteiger partial charge in [-0.2, -0.15) is 0 Å². The number of carbonyl (C=O) groups excluding carboxylic acids is 1. The molecule has 0 aliphatic heterocycles. The molecule has 3 aromatic rings. The van der Waals surface area contributed by atoms with Gasteiger partial charge >= 0.3 is 0 Å². The van der Waals surface area contributed by atoms with Crippen molar-refractivity contribution in [3.63, 3.8) is 0 Å². The lowest BCUT2D eigenvalue weighted by molar-refractivity contribution is -0.116. The Morgan fingerprint density at radius 2 is 1.96 bits per heavy atom. The summed E-state index contributed by atoms with van der Waals surface area (Å²) in [6.07, 6.45) is 8.20. The van der Waals surface area contributed by atoms with Crippen LogP contribution in [0.25, 0.3) is 22.4 Å². The number of aryl methyl sites for hydroxylation is 1. The molecule has 4 rings (SSSR count). The van der Waals surface area contributed by atoms with Crippen LogP contribution in [0, 0.1) is 12.8 Å². The Morgan fingerprint density at radius 3 is 2.78 bits per heavy atom. The van der Waals surface area contributed by atoms with Gasteiger partial charge in [-0.05, 0) is 49.1 Å². The second-order valence-corrected chi connectivity index (χ2v) is 7.72. The van der Waals surface area contributed by atoms with Crippen LogP contribution in [0.1, 0.15) is 50.5 Å². The highest BCUT2D eigenvalue weighted by molar-refractivity contribution is 5.91. The number of H-pyrrole nitrogens is 1. The van der Waals surface area contributed by atoms with Crippen LogP contribution in [-0.2, 0) is 4.79 Å². The first-order valence-corrected chi connectivity index (χ1v) is 10.0. The predicted octanol–water partition coefficient (Wildman–Crippen LogP) is 5.84. The lowest BCUT2D eigenvalue weighted by Gasteiger charge is -2.21. The molecule has 2 N–H and O–H groups in total. The van der Waals surface area contributed by atoms with Gasteiger partial charge in [0.1, 0.15) is 5.82 Å². The number of amides is 1. The second kappa shape index (κ2) is 7.95. The van der Waals surface area contributed by atoms with Crippen LogP contribution in [-0.4, -0.2) is 15.9 Å². The number of anilines is 1. The third-order valence-electron chi connectivity index (χ3n) is 5.67. The fourth-order valence-corrected chi connectivity index (χ4v) is 4.07. The molecule has 0 saturated heterocycles. The first-order chi connectivity index (χ1) is 13.2. The predicted molar refractivity (Wildman–Crippen MR) is 111 cm³/mol. The van der Waals surface area contributed by atoms with Gasteiger partial charge in [-0.25, -0.2) is 4.98 Å². The number of nitrogens with zero attached hydrogens (tertiary/aromatic N) is 1. The van der Waals surface area contributed by atoms with Crippen LogP contribution in [0.4, 0.5) is 5.69 Å². The van der Waals surface area contributed by atoms with Gasteiger partial charge < -0.3 is 10.3 Å². The fourth-order valence-electron chi connectivity index (χ4n) is 4.07. The van der Waals surface area contributed by atoms with Gasteiger partial charge in [0, 0.05) is 17.7 Å². The number of para-hydroxylation sites is 2. The summed E-state index contributed by atoms with van der Waals surface area (Å²) >= 11 is 0. The molecule has 4 nitrogen and oxygen atoms in total. The molecule has 1 aromatic heterocycles. The number of aromatic amines is 1. The minimum absolute atomic E-state index is 0.111. The molecule has 1 aliphatic rings. The molecular formula is C23H27N3O. The van der Waals surface area contributed by atoms with E-state index in [0.717, 1.165) is 46.0 Å². The molecule has 27 heavy (non-hydrogen) atoms. The minimum Gasteiger partial charge on any atom is -0.338 e. The summed E-state index contributed by atoms with van der Waals surface area (Å²) in [5.74, 6) is 1.68. The highest BCUT2D eigenvalue weighted by Crippen LogP contribution is 2.28. The number of carbonyl (C=O) groups is 1. The van der Waals surface area contributed by atoms with Crippen molar-refractivity contribution >= 4 is 22.6 Å². The molecule has 1 heterocycles. The van der Waals surface area contributed by atoms with E-state index in [-0.39, 0.29) is 5.91 Å². The van der Waals surface area contributed by atoms with Crippen LogP contribution in [0.2, 0.25) is 0 Å². The number of hydrogen-bond acceptors (Lipinski definition) is 2. The van der Waals surface area contributed by atoms with Gasteiger partial charge in [-0.3, -0.25) is 4.79 Å². The van der Waals surface area contributed by atoms with Crippen LogP contribution in [0.3, 0.4) is 0 Å². The number of rotatable bonds is 5. The molecule has 0 atom stereocenters. The maximum Gasteiger partial charge on any atom is 0.224 e. The van der Waals surface area contributed by atoms with Crippen LogP contribution >= 0.6 is 0 Å². The largest absolute Gasteiger partial charge is 0.338 e. The molecule has 0 unspecified atom stereocenters.